The van der Waals surface area contributed by atoms with E-state index in [2.05, 4.69) is 33.5 Å². The van der Waals surface area contributed by atoms with Gasteiger partial charge in [0.05, 0.1) is 6.61 Å². The molecule has 4 nitrogen and oxygen atoms in total. The maximum Gasteiger partial charge on any atom is 0.257 e. The Morgan fingerprint density at radius 1 is 1.21 bits per heavy atom. The average Bonchev–Trinajstić information content (AvgIpc) is 2.55. The van der Waals surface area contributed by atoms with Gasteiger partial charge in [0.1, 0.15) is 5.75 Å². The number of nitrogens with one attached hydrogen (secondary N) is 2. The van der Waals surface area contributed by atoms with Crippen LogP contribution in [-0.2, 0) is 0 Å². The van der Waals surface area contributed by atoms with Crippen LogP contribution in [0.2, 0.25) is 0 Å². The van der Waals surface area contributed by atoms with E-state index in [1.807, 2.05) is 24.3 Å². The van der Waals surface area contributed by atoms with Gasteiger partial charge in [-0.1, -0.05) is 35.3 Å². The van der Waals surface area contributed by atoms with Crippen molar-refractivity contribution in [2.24, 2.45) is 0 Å². The molecular weight excluding hydrogens is 388 g/mol. The fraction of sp³-hybridized carbons (Fsp3) is 0.222. The minimum atomic E-state index is -0.261. The number of amides is 1. The predicted molar refractivity (Wildman–Crippen MR) is 105 cm³/mol. The van der Waals surface area contributed by atoms with Gasteiger partial charge in [-0.15, -0.1) is 0 Å². The van der Waals surface area contributed by atoms with Crippen molar-refractivity contribution in [2.75, 3.05) is 11.9 Å². The molecule has 0 heterocycles. The standard InChI is InChI=1S/C18H19BrN2O2S/c1-2-3-11-23-16-9-7-13(8-10-16)17(22)21-18(24)20-15-6-4-5-14(19)12-15/h4-10,12H,2-3,11H2,1H3,(H2,20,21,22,24). The first-order valence-electron chi connectivity index (χ1n) is 7.69. The fourth-order valence-electron chi connectivity index (χ4n) is 1.94. The van der Waals surface area contributed by atoms with Crippen LogP contribution in [0.5, 0.6) is 5.75 Å². The summed E-state index contributed by atoms with van der Waals surface area (Å²) in [5.74, 6) is 0.498. The van der Waals surface area contributed by atoms with Crippen LogP contribution in [-0.4, -0.2) is 17.6 Å². The molecule has 0 aromatic heterocycles. The molecule has 2 aromatic rings. The molecule has 24 heavy (non-hydrogen) atoms. The molecule has 1 amide bonds. The zero-order valence-electron chi connectivity index (χ0n) is 13.3. The molecule has 126 valence electrons. The molecule has 6 heteroatoms. The molecule has 0 aliphatic heterocycles. The highest BCUT2D eigenvalue weighted by atomic mass is 79.9. The van der Waals surface area contributed by atoms with Crippen LogP contribution in [0.4, 0.5) is 5.69 Å². The fourth-order valence-corrected chi connectivity index (χ4v) is 2.55. The van der Waals surface area contributed by atoms with Gasteiger partial charge in [-0.05, 0) is 61.1 Å². The van der Waals surface area contributed by atoms with Gasteiger partial charge in [0, 0.05) is 15.7 Å². The van der Waals surface area contributed by atoms with Gasteiger partial charge in [0.25, 0.3) is 5.91 Å². The summed E-state index contributed by atoms with van der Waals surface area (Å²) >= 11 is 8.56. The summed E-state index contributed by atoms with van der Waals surface area (Å²) in [5.41, 5.74) is 1.32. The number of benzene rings is 2. The quantitative estimate of drug-likeness (QED) is 0.536. The summed E-state index contributed by atoms with van der Waals surface area (Å²) in [6.07, 6.45) is 2.10. The van der Waals surface area contributed by atoms with Crippen LogP contribution in [0.3, 0.4) is 0 Å². The summed E-state index contributed by atoms with van der Waals surface area (Å²) < 4.78 is 6.51. The van der Waals surface area contributed by atoms with Crippen LogP contribution < -0.4 is 15.4 Å². The highest BCUT2D eigenvalue weighted by Crippen LogP contribution is 2.16. The maximum absolute atomic E-state index is 12.2. The number of halogens is 1. The highest BCUT2D eigenvalue weighted by molar-refractivity contribution is 9.10. The Labute approximate surface area is 155 Å². The SMILES string of the molecule is CCCCOc1ccc(C(=O)NC(=S)Nc2cccc(Br)c2)cc1. The Morgan fingerprint density at radius 3 is 2.62 bits per heavy atom. The molecule has 0 spiro atoms. The third-order valence-corrected chi connectivity index (χ3v) is 3.89. The second kappa shape index (κ2) is 9.39. The van der Waals surface area contributed by atoms with E-state index in [1.165, 1.54) is 0 Å². The second-order valence-corrected chi connectivity index (χ2v) is 6.47. The topological polar surface area (TPSA) is 50.4 Å². The highest BCUT2D eigenvalue weighted by Gasteiger charge is 2.08. The van der Waals surface area contributed by atoms with Crippen molar-refractivity contribution < 1.29 is 9.53 Å². The number of thiocarbonyl (C=S) groups is 1. The monoisotopic (exact) mass is 406 g/mol. The van der Waals surface area contributed by atoms with E-state index in [0.717, 1.165) is 28.8 Å². The molecule has 2 aromatic carbocycles. The normalized spacial score (nSPS) is 10.1. The first-order chi connectivity index (χ1) is 11.6. The smallest absolute Gasteiger partial charge is 0.257 e. The average molecular weight is 407 g/mol. The molecule has 0 saturated heterocycles. The first-order valence-corrected chi connectivity index (χ1v) is 8.89. The van der Waals surface area contributed by atoms with Crippen molar-refractivity contribution in [1.82, 2.24) is 5.32 Å². The van der Waals surface area contributed by atoms with Crippen molar-refractivity contribution >= 4 is 44.9 Å². The molecule has 0 aliphatic rings. The molecule has 0 unspecified atom stereocenters. The van der Waals surface area contributed by atoms with E-state index in [9.17, 15) is 4.79 Å². The Hall–Kier alpha value is -1.92. The van der Waals surface area contributed by atoms with Gasteiger partial charge in [-0.25, -0.2) is 0 Å². The second-order valence-electron chi connectivity index (χ2n) is 5.14. The summed E-state index contributed by atoms with van der Waals surface area (Å²) in [6.45, 7) is 2.80. The van der Waals surface area contributed by atoms with Crippen molar-refractivity contribution in [2.45, 2.75) is 19.8 Å². The number of carbonyl (C=O) groups excluding carboxylic acids is 1. The molecule has 0 atom stereocenters. The van der Waals surface area contributed by atoms with Crippen LogP contribution in [0.25, 0.3) is 0 Å². The van der Waals surface area contributed by atoms with Gasteiger partial charge in [-0.2, -0.15) is 0 Å². The van der Waals surface area contributed by atoms with E-state index in [1.54, 1.807) is 24.3 Å². The van der Waals surface area contributed by atoms with Crippen LogP contribution in [0.1, 0.15) is 30.1 Å². The van der Waals surface area contributed by atoms with E-state index in [-0.39, 0.29) is 11.0 Å². The van der Waals surface area contributed by atoms with Crippen LogP contribution >= 0.6 is 28.1 Å². The zero-order valence-corrected chi connectivity index (χ0v) is 15.7. The summed E-state index contributed by atoms with van der Waals surface area (Å²) in [5, 5.41) is 5.89. The Kier molecular flexibility index (Phi) is 7.21. The van der Waals surface area contributed by atoms with E-state index in [0.29, 0.717) is 12.2 Å². The van der Waals surface area contributed by atoms with Crippen molar-refractivity contribution in [3.8, 4) is 5.75 Å². The largest absolute Gasteiger partial charge is 0.494 e. The number of hydrogen-bond donors (Lipinski definition) is 2. The third-order valence-electron chi connectivity index (χ3n) is 3.19. The molecule has 0 bridgehead atoms. The molecular formula is C18H19BrN2O2S. The third kappa shape index (κ3) is 5.94. The van der Waals surface area contributed by atoms with Gasteiger partial charge < -0.3 is 10.1 Å². The predicted octanol–water partition coefficient (Wildman–Crippen LogP) is 4.75. The Balaban J connectivity index is 1.88. The number of rotatable bonds is 6. The summed E-state index contributed by atoms with van der Waals surface area (Å²) in [6, 6.07) is 14.6. The lowest BCUT2D eigenvalue weighted by Crippen LogP contribution is -2.34. The molecule has 0 radical (unpaired) electrons. The zero-order chi connectivity index (χ0) is 17.4. The van der Waals surface area contributed by atoms with Gasteiger partial charge in [-0.3, -0.25) is 10.1 Å². The molecule has 0 saturated carbocycles. The lowest BCUT2D eigenvalue weighted by Gasteiger charge is -2.10. The van der Waals surface area contributed by atoms with Gasteiger partial charge in [0.15, 0.2) is 5.11 Å². The van der Waals surface area contributed by atoms with E-state index in [4.69, 9.17) is 17.0 Å². The molecule has 2 rings (SSSR count). The minimum Gasteiger partial charge on any atom is -0.494 e. The van der Waals surface area contributed by atoms with Crippen molar-refractivity contribution in [3.63, 3.8) is 0 Å². The first kappa shape index (κ1) is 18.4. The Morgan fingerprint density at radius 2 is 1.96 bits per heavy atom. The molecule has 2 N–H and O–H groups in total. The minimum absolute atomic E-state index is 0.251. The Bertz CT molecular complexity index is 704. The summed E-state index contributed by atoms with van der Waals surface area (Å²) in [4.78, 5) is 12.2. The number of hydrogen-bond acceptors (Lipinski definition) is 3. The van der Waals surface area contributed by atoms with Gasteiger partial charge in [0.2, 0.25) is 0 Å². The number of unbranched alkanes of at least 4 members (excludes halogenated alkanes) is 1. The summed E-state index contributed by atoms with van der Waals surface area (Å²) in [7, 11) is 0. The van der Waals surface area contributed by atoms with Crippen LogP contribution in [0, 0.1) is 0 Å². The molecule has 0 aliphatic carbocycles. The van der Waals surface area contributed by atoms with Crippen molar-refractivity contribution in [3.05, 3.63) is 58.6 Å². The molecule has 0 fully saturated rings. The number of ether oxygens (including phenoxy) is 1. The van der Waals surface area contributed by atoms with Crippen LogP contribution in [0.15, 0.2) is 53.0 Å². The number of anilines is 1. The van der Waals surface area contributed by atoms with Gasteiger partial charge >= 0.3 is 0 Å². The van der Waals surface area contributed by atoms with E-state index < -0.39 is 0 Å². The lowest BCUT2D eigenvalue weighted by atomic mass is 10.2. The number of carbonyl (C=O) groups is 1. The van der Waals surface area contributed by atoms with E-state index >= 15 is 0 Å². The van der Waals surface area contributed by atoms with Crippen molar-refractivity contribution in [1.29, 1.82) is 0 Å². The lowest BCUT2D eigenvalue weighted by molar-refractivity contribution is 0.0977. The maximum atomic E-state index is 12.2.